The second kappa shape index (κ2) is 10.3. The Morgan fingerprint density at radius 3 is 2.59 bits per heavy atom. The first kappa shape index (κ1) is 25.9. The van der Waals surface area contributed by atoms with Crippen LogP contribution in [0, 0.1) is 5.92 Å². The van der Waals surface area contributed by atoms with Crippen molar-refractivity contribution in [2.45, 2.75) is 64.4 Å². The molecule has 0 bridgehead atoms. The molecule has 2 N–H and O–H groups in total. The molecule has 9 heteroatoms. The number of nitrogens with one attached hydrogen (secondary N) is 1. The Kier molecular flexibility index (Phi) is 7.81. The summed E-state index contributed by atoms with van der Waals surface area (Å²) in [6.07, 6.45) is 1.22. The number of anilines is 1. The number of nitrogens with zero attached hydrogens (tertiary/aromatic N) is 1. The Hall–Kier alpha value is -2.73. The maximum atomic E-state index is 12.6. The Bertz CT molecular complexity index is 1070. The van der Waals surface area contributed by atoms with Crippen molar-refractivity contribution in [1.29, 1.82) is 0 Å². The van der Waals surface area contributed by atoms with Gasteiger partial charge in [0.1, 0.15) is 0 Å². The van der Waals surface area contributed by atoms with Crippen LogP contribution in [0.3, 0.4) is 0 Å². The molecule has 1 aliphatic heterocycles. The molecule has 0 fully saturated rings. The number of carbonyl (C=O) groups excluding carboxylic acids is 1. The van der Waals surface area contributed by atoms with E-state index in [4.69, 9.17) is 19.3 Å². The van der Waals surface area contributed by atoms with E-state index in [1.807, 2.05) is 39.0 Å². The van der Waals surface area contributed by atoms with Crippen LogP contribution in [-0.4, -0.2) is 48.9 Å². The fraction of sp³-hybridized carbons (Fsp3) is 0.480. The van der Waals surface area contributed by atoms with Crippen molar-refractivity contribution in [1.82, 2.24) is 4.98 Å². The van der Waals surface area contributed by atoms with Gasteiger partial charge >= 0.3 is 197 Å². The summed E-state index contributed by atoms with van der Waals surface area (Å²) in [6, 6.07) is 7.43. The van der Waals surface area contributed by atoms with Crippen LogP contribution < -0.4 is 14.8 Å². The number of ether oxygens (including phenoxy) is 3. The molecule has 1 amide bonds. The van der Waals surface area contributed by atoms with Crippen LogP contribution >= 0.6 is 0 Å². The third-order valence-electron chi connectivity index (χ3n) is 5.07. The quantitative estimate of drug-likeness (QED) is 0.420. The Morgan fingerprint density at radius 1 is 1.21 bits per heavy atom. The average molecular weight is 532 g/mol. The molecule has 184 valence electrons. The fourth-order valence-electron chi connectivity index (χ4n) is 3.98. The first-order valence-electron chi connectivity index (χ1n) is 11.2. The summed E-state index contributed by atoms with van der Waals surface area (Å²) < 4.78 is 17.3. The molecule has 1 aromatic heterocycles. The van der Waals surface area contributed by atoms with E-state index in [1.54, 1.807) is 6.07 Å². The van der Waals surface area contributed by atoms with Gasteiger partial charge in [-0.1, -0.05) is 0 Å². The number of fused-ring (bicyclic) bond motifs is 3. The molecule has 2 unspecified atom stereocenters. The summed E-state index contributed by atoms with van der Waals surface area (Å²) in [5.74, 6) is 1.97. The number of amides is 1. The molecular weight excluding hydrogens is 499 g/mol. The molecule has 2 atom stereocenters. The number of carbonyl (C=O) groups is 2. The Morgan fingerprint density at radius 2 is 1.94 bits per heavy atom. The number of rotatable bonds is 8. The molecule has 3 rings (SSSR count). The molecule has 0 radical (unpaired) electrons. The van der Waals surface area contributed by atoms with E-state index in [1.165, 1.54) is 6.20 Å². The van der Waals surface area contributed by atoms with Gasteiger partial charge in [-0.3, -0.25) is 0 Å². The van der Waals surface area contributed by atoms with Crippen LogP contribution in [0.2, 0.25) is 4.20 Å². The van der Waals surface area contributed by atoms with Crippen molar-refractivity contribution in [3.63, 3.8) is 0 Å². The molecule has 8 nitrogen and oxygen atoms in total. The minimum atomic E-state index is -1.17. The zero-order chi connectivity index (χ0) is 25.1. The third kappa shape index (κ3) is 7.13. The van der Waals surface area contributed by atoms with E-state index in [9.17, 15) is 9.59 Å². The zero-order valence-corrected chi connectivity index (χ0v) is 22.6. The van der Waals surface area contributed by atoms with Crippen LogP contribution in [0.15, 0.2) is 30.5 Å². The fourth-order valence-corrected chi connectivity index (χ4v) is 7.14. The average Bonchev–Trinajstić information content (AvgIpc) is 2.69. The predicted octanol–water partition coefficient (Wildman–Crippen LogP) is 5.71. The van der Waals surface area contributed by atoms with E-state index in [0.717, 1.165) is 23.1 Å². The first-order valence-corrected chi connectivity index (χ1v) is 13.3. The number of benzene rings is 1. The zero-order valence-electron chi connectivity index (χ0n) is 20.5. The molecule has 2 heterocycles. The summed E-state index contributed by atoms with van der Waals surface area (Å²) in [5.41, 5.74) is 2.15. The van der Waals surface area contributed by atoms with Gasteiger partial charge in [0.25, 0.3) is 0 Å². The van der Waals surface area contributed by atoms with Crippen molar-refractivity contribution in [2.75, 3.05) is 11.9 Å². The topological polar surface area (TPSA) is 107 Å². The van der Waals surface area contributed by atoms with E-state index in [0.29, 0.717) is 30.6 Å². The van der Waals surface area contributed by atoms with E-state index >= 15 is 0 Å². The first-order chi connectivity index (χ1) is 15.8. The number of carboxylic acid groups (broad SMARTS) is 1. The van der Waals surface area contributed by atoms with Gasteiger partial charge in [-0.2, -0.15) is 0 Å². The van der Waals surface area contributed by atoms with Gasteiger partial charge in [0.15, 0.2) is 0 Å². The van der Waals surface area contributed by atoms with Crippen LogP contribution in [0.25, 0.3) is 11.1 Å². The maximum absolute atomic E-state index is 12.6. The van der Waals surface area contributed by atoms with Crippen molar-refractivity contribution in [2.24, 2.45) is 5.92 Å². The van der Waals surface area contributed by atoms with Crippen LogP contribution in [-0.2, 0) is 11.3 Å². The number of pyridine rings is 1. The van der Waals surface area contributed by atoms with Gasteiger partial charge in [-0.05, 0) is 0 Å². The van der Waals surface area contributed by atoms with Gasteiger partial charge in [0.2, 0.25) is 0 Å². The second-order valence-corrected chi connectivity index (χ2v) is 14.1. The van der Waals surface area contributed by atoms with E-state index in [-0.39, 0.29) is 14.8 Å². The predicted molar refractivity (Wildman–Crippen MR) is 132 cm³/mol. The van der Waals surface area contributed by atoms with Crippen molar-refractivity contribution in [3.05, 3.63) is 36.0 Å². The summed E-state index contributed by atoms with van der Waals surface area (Å²) in [4.78, 5) is 27.6. The molecule has 0 spiro atoms. The van der Waals surface area contributed by atoms with Crippen LogP contribution in [0.5, 0.6) is 11.5 Å². The summed E-state index contributed by atoms with van der Waals surface area (Å²) in [5, 5.41) is 11.2. The molecule has 1 aromatic carbocycles. The Balaban J connectivity index is 1.76. The number of hydrogen-bond donors (Lipinski definition) is 2. The van der Waals surface area contributed by atoms with E-state index in [2.05, 4.69) is 31.1 Å². The monoisotopic (exact) mass is 532 g/mol. The van der Waals surface area contributed by atoms with Crippen molar-refractivity contribution in [3.8, 4) is 22.6 Å². The summed E-state index contributed by atoms with van der Waals surface area (Å²) in [6.45, 7) is 12.9. The standard InChI is InChI=1S/C25H33AsN2O6/c1-15(2)11-25(6,26-22(29)34-24(3,4)5)14-33-17-7-8-18-16(9-17)13-32-20-12-27-21(10-19(18)20)28-23(30)31/h7-10,12,15,26H,11,13-14H2,1-6H3,(H,27,28)(H,30,31). The molecule has 0 aliphatic carbocycles. The van der Waals surface area contributed by atoms with Crippen molar-refractivity contribution >= 4 is 32.4 Å². The Labute approximate surface area is 207 Å². The molecule has 34 heavy (non-hydrogen) atoms. The summed E-state index contributed by atoms with van der Waals surface area (Å²) in [7, 11) is 0. The molecule has 2 aromatic rings. The normalized spacial score (nSPS) is 14.7. The van der Waals surface area contributed by atoms with Gasteiger partial charge in [-0.25, -0.2) is 4.79 Å². The molecule has 0 saturated carbocycles. The molecule has 1 aliphatic rings. The second-order valence-electron chi connectivity index (χ2n) is 10.2. The minimum absolute atomic E-state index is 0.103. The van der Waals surface area contributed by atoms with Crippen LogP contribution in [0.4, 0.5) is 15.4 Å². The van der Waals surface area contributed by atoms with E-state index < -0.39 is 27.4 Å². The molecule has 0 saturated heterocycles. The van der Waals surface area contributed by atoms with Crippen molar-refractivity contribution < 1.29 is 28.9 Å². The number of aromatic nitrogens is 1. The number of hydrogen-bond acceptors (Lipinski definition) is 6. The van der Waals surface area contributed by atoms with Gasteiger partial charge < -0.3 is 5.11 Å². The van der Waals surface area contributed by atoms with Gasteiger partial charge in [0, 0.05) is 0 Å². The van der Waals surface area contributed by atoms with Crippen LogP contribution in [0.1, 0.15) is 53.5 Å². The molecular formula is C25H33AsN2O6. The van der Waals surface area contributed by atoms with Gasteiger partial charge in [0.05, 0.1) is 0 Å². The third-order valence-corrected chi connectivity index (χ3v) is 7.71. The van der Waals surface area contributed by atoms with Gasteiger partial charge in [-0.15, -0.1) is 0 Å². The summed E-state index contributed by atoms with van der Waals surface area (Å²) >= 11 is -1.08. The SMILES string of the molecule is CC(C)CC(C)(COc1ccc2c(c1)COc1cnc(NC(=O)O)cc1-2)[AsH]C(=O)OC(C)(C)C.